The van der Waals surface area contributed by atoms with Crippen LogP contribution in [0.3, 0.4) is 0 Å². The second-order valence-electron chi connectivity index (χ2n) is 7.71. The Hall–Kier alpha value is -2.33. The molecule has 1 aliphatic rings. The minimum absolute atomic E-state index is 0.0537. The number of sulfonamides is 1. The van der Waals surface area contributed by atoms with Crippen LogP contribution in [0.25, 0.3) is 0 Å². The third-order valence-corrected chi connectivity index (χ3v) is 7.31. The van der Waals surface area contributed by atoms with Crippen LogP contribution in [-0.4, -0.2) is 57.1 Å². The second kappa shape index (κ2) is 10.7. The van der Waals surface area contributed by atoms with E-state index in [1.165, 1.54) is 22.5 Å². The molecule has 180 valence electrons. The van der Waals surface area contributed by atoms with E-state index in [1.807, 2.05) is 27.7 Å². The molecule has 1 aliphatic heterocycles. The van der Waals surface area contributed by atoms with Gasteiger partial charge in [-0.25, -0.2) is 8.42 Å². The van der Waals surface area contributed by atoms with Crippen molar-refractivity contribution in [1.82, 2.24) is 4.31 Å². The molecule has 1 heterocycles. The van der Waals surface area contributed by atoms with E-state index in [0.717, 1.165) is 0 Å². The van der Waals surface area contributed by atoms with Gasteiger partial charge in [-0.2, -0.15) is 4.31 Å². The number of nitrogens with one attached hydrogen (secondary N) is 1. The van der Waals surface area contributed by atoms with E-state index in [-0.39, 0.29) is 40.8 Å². The highest BCUT2D eigenvalue weighted by Gasteiger charge is 2.34. The smallest absolute Gasteiger partial charge is 0.255 e. The van der Waals surface area contributed by atoms with Crippen LogP contribution >= 0.6 is 11.6 Å². The van der Waals surface area contributed by atoms with Crippen LogP contribution in [-0.2, 0) is 14.8 Å². The molecule has 2 unspecified atom stereocenters. The number of halogens is 1. The lowest BCUT2D eigenvalue weighted by atomic mass is 10.2. The van der Waals surface area contributed by atoms with E-state index in [4.69, 9.17) is 25.8 Å². The number of benzene rings is 2. The highest BCUT2D eigenvalue weighted by Crippen LogP contribution is 2.32. The Kier molecular flexibility index (Phi) is 8.23. The molecule has 1 amide bonds. The molecule has 0 bridgehead atoms. The summed E-state index contributed by atoms with van der Waals surface area (Å²) in [5, 5.41) is 2.83. The Bertz CT molecular complexity index is 1100. The predicted molar refractivity (Wildman–Crippen MR) is 127 cm³/mol. The standard InChI is InChI=1S/C23H29ClN2O6S/c1-5-30-20-10-8-18(12-21(20)31-6-2)25-23(27)17-7-9-19(24)22(11-17)33(28,29)26-13-15(3)32-16(4)14-26/h7-12,15-16H,5-6,13-14H2,1-4H3,(H,25,27). The van der Waals surface area contributed by atoms with E-state index in [1.54, 1.807) is 18.2 Å². The van der Waals surface area contributed by atoms with Crippen molar-refractivity contribution in [2.75, 3.05) is 31.6 Å². The van der Waals surface area contributed by atoms with Crippen molar-refractivity contribution in [2.24, 2.45) is 0 Å². The summed E-state index contributed by atoms with van der Waals surface area (Å²) in [4.78, 5) is 12.8. The molecule has 1 fully saturated rings. The molecular weight excluding hydrogens is 468 g/mol. The van der Waals surface area contributed by atoms with Gasteiger partial charge in [-0.05, 0) is 58.0 Å². The molecule has 0 radical (unpaired) electrons. The van der Waals surface area contributed by atoms with E-state index < -0.39 is 15.9 Å². The topological polar surface area (TPSA) is 94.2 Å². The fourth-order valence-corrected chi connectivity index (χ4v) is 5.73. The van der Waals surface area contributed by atoms with Gasteiger partial charge < -0.3 is 19.5 Å². The zero-order valence-electron chi connectivity index (χ0n) is 19.1. The zero-order valence-corrected chi connectivity index (χ0v) is 20.7. The number of hydrogen-bond donors (Lipinski definition) is 1. The van der Waals surface area contributed by atoms with Crippen LogP contribution in [0.4, 0.5) is 5.69 Å². The molecule has 0 spiro atoms. The number of nitrogens with zero attached hydrogens (tertiary/aromatic N) is 1. The van der Waals surface area contributed by atoms with Crippen molar-refractivity contribution >= 4 is 33.2 Å². The SMILES string of the molecule is CCOc1ccc(NC(=O)c2ccc(Cl)c(S(=O)(=O)N3CC(C)OC(C)C3)c2)cc1OCC. The molecule has 1 N–H and O–H groups in total. The lowest BCUT2D eigenvalue weighted by Gasteiger charge is -2.34. The van der Waals surface area contributed by atoms with Crippen LogP contribution in [0.5, 0.6) is 11.5 Å². The highest BCUT2D eigenvalue weighted by molar-refractivity contribution is 7.89. The average Bonchev–Trinajstić information content (AvgIpc) is 2.75. The van der Waals surface area contributed by atoms with Gasteiger partial charge in [0.15, 0.2) is 11.5 Å². The number of carbonyl (C=O) groups excluding carboxylic acids is 1. The van der Waals surface area contributed by atoms with E-state index >= 15 is 0 Å². The van der Waals surface area contributed by atoms with Crippen LogP contribution in [0, 0.1) is 0 Å². The van der Waals surface area contributed by atoms with Crippen molar-refractivity contribution < 1.29 is 27.4 Å². The van der Waals surface area contributed by atoms with Gasteiger partial charge in [-0.3, -0.25) is 4.79 Å². The summed E-state index contributed by atoms with van der Waals surface area (Å²) >= 11 is 6.24. The van der Waals surface area contributed by atoms with E-state index in [2.05, 4.69) is 5.32 Å². The number of anilines is 1. The maximum atomic E-state index is 13.3. The molecular formula is C23H29ClN2O6S. The van der Waals surface area contributed by atoms with Crippen molar-refractivity contribution in [3.63, 3.8) is 0 Å². The lowest BCUT2D eigenvalue weighted by Crippen LogP contribution is -2.48. The number of ether oxygens (including phenoxy) is 3. The monoisotopic (exact) mass is 496 g/mol. The minimum Gasteiger partial charge on any atom is -0.490 e. The van der Waals surface area contributed by atoms with E-state index in [9.17, 15) is 13.2 Å². The number of hydrogen-bond acceptors (Lipinski definition) is 6. The highest BCUT2D eigenvalue weighted by atomic mass is 35.5. The van der Waals surface area contributed by atoms with Crippen LogP contribution in [0.2, 0.25) is 5.02 Å². The van der Waals surface area contributed by atoms with Gasteiger partial charge in [0, 0.05) is 30.4 Å². The Balaban J connectivity index is 1.86. The summed E-state index contributed by atoms with van der Waals surface area (Å²) in [5.74, 6) is 0.608. The minimum atomic E-state index is -3.91. The third-order valence-electron chi connectivity index (χ3n) is 5.00. The van der Waals surface area contributed by atoms with Gasteiger partial charge in [0.25, 0.3) is 5.91 Å². The molecule has 33 heavy (non-hydrogen) atoms. The van der Waals surface area contributed by atoms with Crippen molar-refractivity contribution in [2.45, 2.75) is 44.8 Å². The Morgan fingerprint density at radius 3 is 2.33 bits per heavy atom. The van der Waals surface area contributed by atoms with Crippen molar-refractivity contribution in [3.8, 4) is 11.5 Å². The van der Waals surface area contributed by atoms with Crippen molar-refractivity contribution in [1.29, 1.82) is 0 Å². The molecule has 2 atom stereocenters. The molecule has 1 saturated heterocycles. The first-order valence-corrected chi connectivity index (χ1v) is 12.6. The van der Waals surface area contributed by atoms with Gasteiger partial charge in [-0.1, -0.05) is 11.6 Å². The van der Waals surface area contributed by atoms with Crippen LogP contribution < -0.4 is 14.8 Å². The average molecular weight is 497 g/mol. The Morgan fingerprint density at radius 1 is 1.06 bits per heavy atom. The second-order valence-corrected chi connectivity index (χ2v) is 10.0. The molecule has 2 aromatic carbocycles. The third kappa shape index (κ3) is 5.97. The first-order chi connectivity index (χ1) is 15.6. The summed E-state index contributed by atoms with van der Waals surface area (Å²) in [6.45, 7) is 8.71. The fourth-order valence-electron chi connectivity index (χ4n) is 3.64. The summed E-state index contributed by atoms with van der Waals surface area (Å²) in [5.41, 5.74) is 0.654. The van der Waals surface area contributed by atoms with E-state index in [0.29, 0.717) is 30.4 Å². The maximum absolute atomic E-state index is 13.3. The molecule has 10 heteroatoms. The normalized spacial score (nSPS) is 19.2. The maximum Gasteiger partial charge on any atom is 0.255 e. The lowest BCUT2D eigenvalue weighted by molar-refractivity contribution is -0.0440. The first-order valence-electron chi connectivity index (χ1n) is 10.8. The number of rotatable bonds is 8. The molecule has 0 saturated carbocycles. The summed E-state index contributed by atoms with van der Waals surface area (Å²) < 4.78 is 44.7. The Morgan fingerprint density at radius 2 is 1.70 bits per heavy atom. The van der Waals surface area contributed by atoms with Gasteiger partial charge in [0.05, 0.1) is 30.4 Å². The largest absolute Gasteiger partial charge is 0.490 e. The molecule has 3 rings (SSSR count). The number of morpholine rings is 1. The van der Waals surface area contributed by atoms with Crippen LogP contribution in [0.1, 0.15) is 38.1 Å². The molecule has 0 aliphatic carbocycles. The molecule has 0 aromatic heterocycles. The van der Waals surface area contributed by atoms with Crippen LogP contribution in [0.15, 0.2) is 41.3 Å². The molecule has 8 nitrogen and oxygen atoms in total. The molecule has 2 aromatic rings. The van der Waals surface area contributed by atoms with Crippen molar-refractivity contribution in [3.05, 3.63) is 47.0 Å². The quantitative estimate of drug-likeness (QED) is 0.589. The first kappa shape index (κ1) is 25.3. The summed E-state index contributed by atoms with van der Waals surface area (Å²) in [6.07, 6.45) is -0.485. The van der Waals surface area contributed by atoms with Gasteiger partial charge in [0.1, 0.15) is 4.90 Å². The van der Waals surface area contributed by atoms with Gasteiger partial charge in [0.2, 0.25) is 10.0 Å². The fraction of sp³-hybridized carbons (Fsp3) is 0.435. The van der Waals surface area contributed by atoms with Gasteiger partial charge >= 0.3 is 0 Å². The summed E-state index contributed by atoms with van der Waals surface area (Å²) in [6, 6.07) is 9.27. The summed E-state index contributed by atoms with van der Waals surface area (Å²) in [7, 11) is -3.91. The van der Waals surface area contributed by atoms with Gasteiger partial charge in [-0.15, -0.1) is 0 Å². The predicted octanol–water partition coefficient (Wildman–Crippen LogP) is 4.19. The number of amides is 1. The number of carbonyl (C=O) groups is 1. The zero-order chi connectivity index (χ0) is 24.2. The Labute approximate surface area is 199 Å².